The third-order valence-corrected chi connectivity index (χ3v) is 7.84. The number of ether oxygens (including phenoxy) is 1. The summed E-state index contributed by atoms with van der Waals surface area (Å²) in [4.78, 5) is 30.5. The van der Waals surface area contributed by atoms with E-state index in [2.05, 4.69) is 15.5 Å². The number of nitrogens with one attached hydrogen (secondary N) is 2. The Morgan fingerprint density at radius 3 is 1.88 bits per heavy atom. The number of para-hydroxylation sites is 3. The van der Waals surface area contributed by atoms with Crippen LogP contribution in [-0.4, -0.2) is 43.0 Å². The van der Waals surface area contributed by atoms with Gasteiger partial charge in [-0.05, 0) is 48.5 Å². The van der Waals surface area contributed by atoms with E-state index in [1.807, 2.05) is 77.7 Å². The fourth-order valence-electron chi connectivity index (χ4n) is 5.19. The highest BCUT2D eigenvalue weighted by molar-refractivity contribution is 6.39. The Kier molecular flexibility index (Phi) is 7.24. The van der Waals surface area contributed by atoms with E-state index in [-0.39, 0.29) is 11.8 Å². The number of benzene rings is 4. The summed E-state index contributed by atoms with van der Waals surface area (Å²) in [5, 5.41) is 6.21. The van der Waals surface area contributed by atoms with Gasteiger partial charge in [0.25, 0.3) is 0 Å². The average Bonchev–Trinajstić information content (AvgIpc) is 2.98. The van der Waals surface area contributed by atoms with Crippen LogP contribution in [0, 0.1) is 0 Å². The Morgan fingerprint density at radius 1 is 0.700 bits per heavy atom. The van der Waals surface area contributed by atoms with Crippen LogP contribution >= 0.6 is 23.2 Å². The molecule has 0 bridgehead atoms. The molecule has 2 heterocycles. The number of hydrogen-bond acceptors (Lipinski definition) is 4. The largest absolute Gasteiger partial charge is 0.457 e. The van der Waals surface area contributed by atoms with Crippen molar-refractivity contribution in [3.05, 3.63) is 112 Å². The SMILES string of the molecule is O=C(Nc1ccc(N2CCN(C(=O)C3c4ccccc4Oc4ccccc43)CC2)cc1)Nc1c(Cl)cccc1Cl. The van der Waals surface area contributed by atoms with Crippen LogP contribution in [0.1, 0.15) is 17.0 Å². The summed E-state index contributed by atoms with van der Waals surface area (Å²) in [6.45, 7) is 2.64. The van der Waals surface area contributed by atoms with Crippen LogP contribution in [0.4, 0.5) is 21.9 Å². The zero-order valence-corrected chi connectivity index (χ0v) is 23.0. The van der Waals surface area contributed by atoms with Gasteiger partial charge >= 0.3 is 6.03 Å². The zero-order valence-electron chi connectivity index (χ0n) is 21.4. The molecular weight excluding hydrogens is 547 g/mol. The second-order valence-electron chi connectivity index (χ2n) is 9.65. The van der Waals surface area contributed by atoms with E-state index in [1.54, 1.807) is 18.2 Å². The first-order valence-electron chi connectivity index (χ1n) is 13.0. The van der Waals surface area contributed by atoms with E-state index in [4.69, 9.17) is 27.9 Å². The predicted octanol–water partition coefficient (Wildman–Crippen LogP) is 7.22. The van der Waals surface area contributed by atoms with Gasteiger partial charge < -0.3 is 25.2 Å². The number of halogens is 2. The van der Waals surface area contributed by atoms with Gasteiger partial charge in [-0.15, -0.1) is 0 Å². The molecule has 1 saturated heterocycles. The van der Waals surface area contributed by atoms with Gasteiger partial charge in [0.1, 0.15) is 11.5 Å². The Labute approximate surface area is 242 Å². The Bertz CT molecular complexity index is 1500. The first-order valence-corrected chi connectivity index (χ1v) is 13.7. The maximum Gasteiger partial charge on any atom is 0.323 e. The van der Waals surface area contributed by atoms with Crippen molar-refractivity contribution in [3.8, 4) is 11.5 Å². The van der Waals surface area contributed by atoms with Crippen LogP contribution in [0.25, 0.3) is 0 Å². The van der Waals surface area contributed by atoms with Gasteiger partial charge in [0.2, 0.25) is 5.91 Å². The van der Waals surface area contributed by atoms with Crippen LogP contribution in [0.3, 0.4) is 0 Å². The molecule has 202 valence electrons. The van der Waals surface area contributed by atoms with Gasteiger partial charge in [-0.2, -0.15) is 0 Å². The average molecular weight is 573 g/mol. The highest BCUT2D eigenvalue weighted by atomic mass is 35.5. The highest BCUT2D eigenvalue weighted by Gasteiger charge is 2.36. The lowest BCUT2D eigenvalue weighted by Gasteiger charge is -2.38. The number of amides is 3. The van der Waals surface area contributed by atoms with Crippen molar-refractivity contribution in [2.75, 3.05) is 41.7 Å². The van der Waals surface area contributed by atoms with Crippen molar-refractivity contribution < 1.29 is 14.3 Å². The maximum atomic E-state index is 13.8. The van der Waals surface area contributed by atoms with Gasteiger partial charge in [0.05, 0.1) is 21.7 Å². The molecule has 2 N–H and O–H groups in total. The maximum absolute atomic E-state index is 13.8. The van der Waals surface area contributed by atoms with Crippen LogP contribution in [0.15, 0.2) is 91.0 Å². The molecule has 40 heavy (non-hydrogen) atoms. The summed E-state index contributed by atoms with van der Waals surface area (Å²) in [7, 11) is 0. The van der Waals surface area contributed by atoms with Gasteiger partial charge in [-0.1, -0.05) is 65.7 Å². The summed E-state index contributed by atoms with van der Waals surface area (Å²) in [5.41, 5.74) is 3.82. The first-order chi connectivity index (χ1) is 19.5. The number of carbonyl (C=O) groups is 2. The Hall–Kier alpha value is -4.20. The standard InChI is InChI=1S/C31H26Cl2N4O3/c32-24-8-5-9-25(33)29(24)35-31(39)34-20-12-14-21(15-13-20)36-16-18-37(19-17-36)30(38)28-22-6-1-3-10-26(22)40-27-11-4-2-7-23(27)28/h1-15,28H,16-19H2,(H2,34,35,39). The van der Waals surface area contributed by atoms with Crippen molar-refractivity contribution in [3.63, 3.8) is 0 Å². The van der Waals surface area contributed by atoms with Gasteiger partial charge in [0, 0.05) is 48.7 Å². The minimum Gasteiger partial charge on any atom is -0.457 e. The zero-order chi connectivity index (χ0) is 27.6. The fourth-order valence-corrected chi connectivity index (χ4v) is 5.68. The molecule has 1 fully saturated rings. The molecule has 0 spiro atoms. The fraction of sp³-hybridized carbons (Fsp3) is 0.161. The molecule has 4 aromatic rings. The van der Waals surface area contributed by atoms with Crippen molar-refractivity contribution in [2.45, 2.75) is 5.92 Å². The lowest BCUT2D eigenvalue weighted by molar-refractivity contribution is -0.132. The number of urea groups is 1. The molecule has 3 amide bonds. The molecule has 7 nitrogen and oxygen atoms in total. The van der Waals surface area contributed by atoms with Crippen molar-refractivity contribution in [2.24, 2.45) is 0 Å². The molecule has 2 aliphatic heterocycles. The Balaban J connectivity index is 1.09. The van der Waals surface area contributed by atoms with E-state index in [1.165, 1.54) is 0 Å². The van der Waals surface area contributed by atoms with Crippen molar-refractivity contribution in [1.82, 2.24) is 4.90 Å². The second kappa shape index (κ2) is 11.1. The molecule has 0 unspecified atom stereocenters. The van der Waals surface area contributed by atoms with E-state index in [9.17, 15) is 9.59 Å². The molecule has 0 atom stereocenters. The van der Waals surface area contributed by atoms with Gasteiger partial charge in [0.15, 0.2) is 0 Å². The normalized spacial score (nSPS) is 14.6. The molecule has 2 aliphatic rings. The molecule has 0 aromatic heterocycles. The van der Waals surface area contributed by atoms with Crippen LogP contribution < -0.4 is 20.3 Å². The number of carbonyl (C=O) groups excluding carboxylic acids is 2. The molecule has 0 saturated carbocycles. The number of nitrogens with zero attached hydrogens (tertiary/aromatic N) is 2. The summed E-state index contributed by atoms with van der Waals surface area (Å²) in [6, 6.07) is 27.7. The minimum atomic E-state index is -0.439. The molecule has 0 aliphatic carbocycles. The third kappa shape index (κ3) is 5.18. The summed E-state index contributed by atoms with van der Waals surface area (Å²) < 4.78 is 6.07. The molecule has 6 rings (SSSR count). The number of rotatable bonds is 4. The van der Waals surface area contributed by atoms with Crippen molar-refractivity contribution >= 4 is 52.2 Å². The van der Waals surface area contributed by atoms with Crippen LogP contribution in [0.5, 0.6) is 11.5 Å². The summed E-state index contributed by atoms with van der Waals surface area (Å²) in [6.07, 6.45) is 0. The second-order valence-corrected chi connectivity index (χ2v) is 10.5. The first kappa shape index (κ1) is 26.0. The lowest BCUT2D eigenvalue weighted by atomic mass is 9.86. The smallest absolute Gasteiger partial charge is 0.323 e. The number of fused-ring (bicyclic) bond motifs is 2. The number of piperazine rings is 1. The summed E-state index contributed by atoms with van der Waals surface area (Å²) in [5.74, 6) is 1.17. The number of hydrogen-bond donors (Lipinski definition) is 2. The van der Waals surface area contributed by atoms with E-state index >= 15 is 0 Å². The molecule has 9 heteroatoms. The predicted molar refractivity (Wildman–Crippen MR) is 159 cm³/mol. The topological polar surface area (TPSA) is 73.9 Å². The third-order valence-electron chi connectivity index (χ3n) is 7.21. The van der Waals surface area contributed by atoms with E-state index in [0.29, 0.717) is 47.6 Å². The van der Waals surface area contributed by atoms with Gasteiger partial charge in [-0.25, -0.2) is 4.79 Å². The Morgan fingerprint density at radius 2 is 1.27 bits per heavy atom. The summed E-state index contributed by atoms with van der Waals surface area (Å²) >= 11 is 12.3. The monoisotopic (exact) mass is 572 g/mol. The molecule has 0 radical (unpaired) electrons. The minimum absolute atomic E-state index is 0.0898. The highest BCUT2D eigenvalue weighted by Crippen LogP contribution is 2.44. The van der Waals surface area contributed by atoms with Crippen LogP contribution in [-0.2, 0) is 4.79 Å². The lowest BCUT2D eigenvalue weighted by Crippen LogP contribution is -2.50. The van der Waals surface area contributed by atoms with Gasteiger partial charge in [-0.3, -0.25) is 4.79 Å². The molecule has 4 aromatic carbocycles. The molecular formula is C31H26Cl2N4O3. The van der Waals surface area contributed by atoms with E-state index in [0.717, 1.165) is 28.3 Å². The van der Waals surface area contributed by atoms with E-state index < -0.39 is 6.03 Å². The quantitative estimate of drug-likeness (QED) is 0.270. The van der Waals surface area contributed by atoms with Crippen molar-refractivity contribution in [1.29, 1.82) is 0 Å². The van der Waals surface area contributed by atoms with Crippen LogP contribution in [0.2, 0.25) is 10.0 Å². The number of anilines is 3.